The number of ether oxygens (including phenoxy) is 1. The zero-order chi connectivity index (χ0) is 25.9. The molecule has 4 rings (SSSR count). The molecule has 0 bridgehead atoms. The molecule has 3 amide bonds. The summed E-state index contributed by atoms with van der Waals surface area (Å²) in [7, 11) is -2.21. The number of carbonyl (C=O) groups is 3. The van der Waals surface area contributed by atoms with E-state index < -0.39 is 22.0 Å². The quantitative estimate of drug-likeness (QED) is 0.587. The van der Waals surface area contributed by atoms with Crippen molar-refractivity contribution in [1.82, 2.24) is 14.5 Å². The van der Waals surface area contributed by atoms with Crippen molar-refractivity contribution in [3.8, 4) is 0 Å². The molecule has 1 aromatic carbocycles. The van der Waals surface area contributed by atoms with E-state index >= 15 is 0 Å². The van der Waals surface area contributed by atoms with Crippen LogP contribution in [0.2, 0.25) is 0 Å². The number of aryl methyl sites for hydroxylation is 1. The Morgan fingerprint density at radius 2 is 1.67 bits per heavy atom. The van der Waals surface area contributed by atoms with E-state index in [0.717, 1.165) is 36.1 Å². The summed E-state index contributed by atoms with van der Waals surface area (Å²) in [6.07, 6.45) is 3.32. The van der Waals surface area contributed by atoms with Gasteiger partial charge in [-0.1, -0.05) is 0 Å². The summed E-state index contributed by atoms with van der Waals surface area (Å²) < 4.78 is 32.4. The number of carbonyl (C=O) groups excluding carboxylic acids is 3. The third-order valence-electron chi connectivity index (χ3n) is 6.37. The molecule has 2 N–H and O–H groups in total. The minimum absolute atomic E-state index is 0.0706. The monoisotopic (exact) mass is 534 g/mol. The van der Waals surface area contributed by atoms with Crippen molar-refractivity contribution in [2.45, 2.75) is 37.5 Å². The Hall–Kier alpha value is -2.96. The number of hydrogen-bond donors (Lipinski definition) is 2. The smallest absolute Gasteiger partial charge is 0.409 e. The summed E-state index contributed by atoms with van der Waals surface area (Å²) in [4.78, 5) is 40.0. The Labute approximate surface area is 214 Å². The first kappa shape index (κ1) is 26.1. The molecule has 0 unspecified atom stereocenters. The fourth-order valence-electron chi connectivity index (χ4n) is 4.45. The number of hydrogen-bond acceptors (Lipinski definition) is 7. The van der Waals surface area contributed by atoms with Crippen molar-refractivity contribution in [2.24, 2.45) is 0 Å². The molecule has 2 aromatic rings. The number of nitrogens with one attached hydrogen (secondary N) is 2. The SMILES string of the molecule is CCOC(=O)N1CCN(S(=O)(=O)c2ccc(C(=O)Nc3sc4c(c3C(=O)NC)CCCC4)cc2)CC1. The average Bonchev–Trinajstić information content (AvgIpc) is 3.26. The van der Waals surface area contributed by atoms with Gasteiger partial charge in [-0.25, -0.2) is 13.2 Å². The number of nitrogens with zero attached hydrogens (tertiary/aromatic N) is 2. The first-order valence-electron chi connectivity index (χ1n) is 12.0. The van der Waals surface area contributed by atoms with Crippen molar-refractivity contribution in [3.05, 3.63) is 45.8 Å². The van der Waals surface area contributed by atoms with Crippen molar-refractivity contribution in [2.75, 3.05) is 45.2 Å². The van der Waals surface area contributed by atoms with E-state index in [1.165, 1.54) is 44.8 Å². The van der Waals surface area contributed by atoms with Crippen LogP contribution in [0.15, 0.2) is 29.2 Å². The maximum atomic E-state index is 13.1. The summed E-state index contributed by atoms with van der Waals surface area (Å²) in [6, 6.07) is 5.73. The van der Waals surface area contributed by atoms with E-state index in [4.69, 9.17) is 4.74 Å². The van der Waals surface area contributed by atoms with Crippen LogP contribution in [0.5, 0.6) is 0 Å². The molecule has 1 saturated heterocycles. The van der Waals surface area contributed by atoms with Crippen molar-refractivity contribution in [1.29, 1.82) is 0 Å². The van der Waals surface area contributed by atoms with Gasteiger partial charge in [0.05, 0.1) is 17.1 Å². The van der Waals surface area contributed by atoms with Crippen molar-refractivity contribution >= 4 is 44.3 Å². The van der Waals surface area contributed by atoms with Crippen molar-refractivity contribution in [3.63, 3.8) is 0 Å². The lowest BCUT2D eigenvalue weighted by atomic mass is 9.95. The lowest BCUT2D eigenvalue weighted by Gasteiger charge is -2.33. The first-order valence-corrected chi connectivity index (χ1v) is 14.2. The second kappa shape index (κ2) is 11.0. The standard InChI is InChI=1S/C24H30N4O6S2/c1-3-34-24(31)27-12-14-28(15-13-27)36(32,33)17-10-8-16(9-11-17)21(29)26-23-20(22(30)25-2)18-6-4-5-7-19(18)35-23/h8-11H,3-7,12-15H2,1-2H3,(H,25,30)(H,26,29). The Morgan fingerprint density at radius 1 is 1.00 bits per heavy atom. The molecular formula is C24H30N4O6S2. The largest absolute Gasteiger partial charge is 0.450 e. The number of fused-ring (bicyclic) bond motifs is 1. The maximum Gasteiger partial charge on any atom is 0.409 e. The van der Waals surface area contributed by atoms with Crippen LogP contribution in [0.25, 0.3) is 0 Å². The van der Waals surface area contributed by atoms with Gasteiger partial charge >= 0.3 is 6.09 Å². The minimum atomic E-state index is -3.78. The molecule has 2 aliphatic rings. The van der Waals surface area contributed by atoms with Crippen LogP contribution in [-0.4, -0.2) is 75.4 Å². The summed E-state index contributed by atoms with van der Waals surface area (Å²) >= 11 is 1.43. The van der Waals surface area contributed by atoms with Gasteiger partial charge in [0.2, 0.25) is 10.0 Å². The van der Waals surface area contributed by atoms with Gasteiger partial charge in [-0.2, -0.15) is 4.31 Å². The highest BCUT2D eigenvalue weighted by molar-refractivity contribution is 7.89. The average molecular weight is 535 g/mol. The van der Waals surface area contributed by atoms with E-state index in [0.29, 0.717) is 10.6 Å². The fourth-order valence-corrected chi connectivity index (χ4v) is 7.15. The first-order chi connectivity index (χ1) is 17.3. The Bertz CT molecular complexity index is 1250. The normalized spacial score (nSPS) is 16.2. The minimum Gasteiger partial charge on any atom is -0.450 e. The Kier molecular flexibility index (Phi) is 7.96. The van der Waals surface area contributed by atoms with E-state index in [1.54, 1.807) is 14.0 Å². The second-order valence-corrected chi connectivity index (χ2v) is 11.6. The van der Waals surface area contributed by atoms with Crippen LogP contribution >= 0.6 is 11.3 Å². The molecule has 0 radical (unpaired) electrons. The number of anilines is 1. The lowest BCUT2D eigenvalue weighted by Crippen LogP contribution is -2.50. The van der Waals surface area contributed by atoms with Crippen LogP contribution in [-0.2, 0) is 27.6 Å². The summed E-state index contributed by atoms with van der Waals surface area (Å²) in [5.74, 6) is -0.639. The van der Waals surface area contributed by atoms with Gasteiger partial charge in [-0.05, 0) is 62.4 Å². The van der Waals surface area contributed by atoms with Gasteiger partial charge < -0.3 is 20.3 Å². The molecule has 0 saturated carbocycles. The van der Waals surface area contributed by atoms with Crippen LogP contribution in [0.4, 0.5) is 9.80 Å². The Balaban J connectivity index is 1.46. The van der Waals surface area contributed by atoms with E-state index in [2.05, 4.69) is 10.6 Å². The Morgan fingerprint density at radius 3 is 2.31 bits per heavy atom. The number of thiophene rings is 1. The molecule has 0 atom stereocenters. The molecule has 1 aliphatic carbocycles. The second-order valence-electron chi connectivity index (χ2n) is 8.56. The maximum absolute atomic E-state index is 13.1. The van der Waals surface area contributed by atoms with Crippen LogP contribution in [0, 0.1) is 0 Å². The predicted octanol–water partition coefficient (Wildman–Crippen LogP) is 2.70. The van der Waals surface area contributed by atoms with Gasteiger partial charge in [0.1, 0.15) is 5.00 Å². The van der Waals surface area contributed by atoms with Gasteiger partial charge in [0, 0.05) is 43.7 Å². The van der Waals surface area contributed by atoms with E-state index in [9.17, 15) is 22.8 Å². The number of benzene rings is 1. The number of piperazine rings is 1. The third kappa shape index (κ3) is 5.25. The molecular weight excluding hydrogens is 504 g/mol. The molecule has 12 heteroatoms. The molecule has 194 valence electrons. The number of amides is 3. The molecule has 10 nitrogen and oxygen atoms in total. The van der Waals surface area contributed by atoms with Crippen LogP contribution in [0.3, 0.4) is 0 Å². The van der Waals surface area contributed by atoms with Crippen LogP contribution in [0.1, 0.15) is 50.9 Å². The topological polar surface area (TPSA) is 125 Å². The zero-order valence-corrected chi connectivity index (χ0v) is 22.0. The zero-order valence-electron chi connectivity index (χ0n) is 20.3. The number of rotatable bonds is 6. The molecule has 0 spiro atoms. The molecule has 1 aliphatic heterocycles. The van der Waals surface area contributed by atoms with Crippen molar-refractivity contribution < 1.29 is 27.5 Å². The van der Waals surface area contributed by atoms with E-state index in [1.807, 2.05) is 0 Å². The third-order valence-corrected chi connectivity index (χ3v) is 9.49. The highest BCUT2D eigenvalue weighted by Gasteiger charge is 2.31. The fraction of sp³-hybridized carbons (Fsp3) is 0.458. The summed E-state index contributed by atoms with van der Waals surface area (Å²) in [5.41, 5.74) is 1.81. The number of sulfonamides is 1. The van der Waals surface area contributed by atoms with E-state index in [-0.39, 0.29) is 49.2 Å². The summed E-state index contributed by atoms with van der Waals surface area (Å²) in [5, 5.41) is 6.03. The molecule has 1 aromatic heterocycles. The van der Waals surface area contributed by atoms with Crippen LogP contribution < -0.4 is 10.6 Å². The molecule has 1 fully saturated rings. The highest BCUT2D eigenvalue weighted by atomic mass is 32.2. The van der Waals surface area contributed by atoms with Gasteiger partial charge in [-0.15, -0.1) is 11.3 Å². The summed E-state index contributed by atoms with van der Waals surface area (Å²) in [6.45, 7) is 2.80. The molecule has 2 heterocycles. The lowest BCUT2D eigenvalue weighted by molar-refractivity contribution is 0.0932. The highest BCUT2D eigenvalue weighted by Crippen LogP contribution is 2.38. The predicted molar refractivity (Wildman–Crippen MR) is 136 cm³/mol. The van der Waals surface area contributed by atoms with Gasteiger partial charge in [0.25, 0.3) is 11.8 Å². The molecule has 36 heavy (non-hydrogen) atoms. The van der Waals surface area contributed by atoms with Gasteiger partial charge in [0.15, 0.2) is 0 Å². The van der Waals surface area contributed by atoms with Gasteiger partial charge in [-0.3, -0.25) is 9.59 Å².